The van der Waals surface area contributed by atoms with Gasteiger partial charge in [-0.25, -0.2) is 8.42 Å². The molecule has 0 aliphatic carbocycles. The molecular weight excluding hydrogens is 272 g/mol. The Morgan fingerprint density at radius 1 is 1.32 bits per heavy atom. The fraction of sp³-hybridized carbons (Fsp3) is 0.300. The topological polar surface area (TPSA) is 122 Å². The first-order valence-corrected chi connectivity index (χ1v) is 6.86. The third kappa shape index (κ3) is 2.62. The highest BCUT2D eigenvalue weighted by atomic mass is 32.2. The summed E-state index contributed by atoms with van der Waals surface area (Å²) < 4.78 is 25.5. The highest BCUT2D eigenvalue weighted by Gasteiger charge is 2.34. The molecule has 1 aromatic heterocycles. The highest BCUT2D eigenvalue weighted by molar-refractivity contribution is 7.89. The lowest BCUT2D eigenvalue weighted by atomic mass is 10.3. The van der Waals surface area contributed by atoms with Crippen molar-refractivity contribution in [3.63, 3.8) is 0 Å². The summed E-state index contributed by atoms with van der Waals surface area (Å²) >= 11 is 0. The first-order chi connectivity index (χ1) is 8.95. The molecule has 0 spiro atoms. The van der Waals surface area contributed by atoms with Crippen molar-refractivity contribution in [2.24, 2.45) is 5.73 Å². The van der Waals surface area contributed by atoms with Crippen LogP contribution in [0.5, 0.6) is 0 Å². The Labute approximate surface area is 109 Å². The lowest BCUT2D eigenvalue weighted by Crippen LogP contribution is -2.53. The summed E-state index contributed by atoms with van der Waals surface area (Å²) in [5.74, 6) is -1.31. The van der Waals surface area contributed by atoms with Crippen molar-refractivity contribution in [2.45, 2.75) is 11.4 Å². The van der Waals surface area contributed by atoms with Gasteiger partial charge in [-0.1, -0.05) is 0 Å². The Hall–Kier alpha value is -1.84. The van der Waals surface area contributed by atoms with Crippen LogP contribution >= 0.6 is 0 Å². The quantitative estimate of drug-likeness (QED) is 0.631. The van der Waals surface area contributed by atoms with E-state index in [4.69, 9.17) is 5.73 Å². The molecule has 0 atom stereocenters. The van der Waals surface area contributed by atoms with Gasteiger partial charge in [0.25, 0.3) is 0 Å². The van der Waals surface area contributed by atoms with Gasteiger partial charge < -0.3 is 5.73 Å². The molecule has 0 bridgehead atoms. The summed E-state index contributed by atoms with van der Waals surface area (Å²) in [4.78, 5) is 26.3. The van der Waals surface area contributed by atoms with Crippen molar-refractivity contribution in [2.75, 3.05) is 13.1 Å². The molecule has 0 aromatic carbocycles. The number of carbonyl (C=O) groups is 2. The number of hydrogen-bond acceptors (Lipinski definition) is 6. The number of aromatic nitrogens is 1. The minimum Gasteiger partial charge on any atom is -0.325 e. The number of nitrogens with zero attached hydrogens (tertiary/aromatic N) is 2. The van der Waals surface area contributed by atoms with Gasteiger partial charge in [-0.15, -0.1) is 0 Å². The molecule has 102 valence electrons. The Morgan fingerprint density at radius 2 is 1.95 bits per heavy atom. The zero-order chi connectivity index (χ0) is 14.0. The van der Waals surface area contributed by atoms with Gasteiger partial charge in [-0.05, 0) is 12.1 Å². The van der Waals surface area contributed by atoms with Crippen LogP contribution < -0.4 is 11.1 Å². The predicted molar refractivity (Wildman–Crippen MR) is 64.0 cm³/mol. The van der Waals surface area contributed by atoms with Crippen LogP contribution in [0.25, 0.3) is 0 Å². The second-order valence-electron chi connectivity index (χ2n) is 3.90. The number of amides is 2. The van der Waals surface area contributed by atoms with Crippen LogP contribution in [0.3, 0.4) is 0 Å². The van der Waals surface area contributed by atoms with Gasteiger partial charge in [0.15, 0.2) is 0 Å². The summed E-state index contributed by atoms with van der Waals surface area (Å²) in [6.07, 6.45) is 1.43. The molecule has 2 heterocycles. The average molecular weight is 284 g/mol. The zero-order valence-corrected chi connectivity index (χ0v) is 10.7. The molecule has 0 unspecified atom stereocenters. The van der Waals surface area contributed by atoms with Crippen molar-refractivity contribution in [3.8, 4) is 0 Å². The predicted octanol–water partition coefficient (Wildman–Crippen LogP) is -1.81. The van der Waals surface area contributed by atoms with E-state index in [1.807, 2.05) is 5.32 Å². The Bertz CT molecular complexity index is 612. The van der Waals surface area contributed by atoms with Crippen LogP contribution in [0.4, 0.5) is 0 Å². The molecule has 19 heavy (non-hydrogen) atoms. The summed E-state index contributed by atoms with van der Waals surface area (Å²) in [5, 5.41) is 2.04. The van der Waals surface area contributed by atoms with Crippen molar-refractivity contribution in [1.29, 1.82) is 0 Å². The van der Waals surface area contributed by atoms with Crippen molar-refractivity contribution in [1.82, 2.24) is 14.6 Å². The molecule has 1 aliphatic heterocycles. The third-order valence-corrected chi connectivity index (χ3v) is 4.44. The molecule has 2 rings (SSSR count). The van der Waals surface area contributed by atoms with E-state index in [1.54, 1.807) is 0 Å². The van der Waals surface area contributed by atoms with Gasteiger partial charge in [-0.3, -0.25) is 19.9 Å². The van der Waals surface area contributed by atoms with E-state index in [2.05, 4.69) is 4.98 Å². The molecule has 1 aliphatic rings. The summed E-state index contributed by atoms with van der Waals surface area (Å²) in [6, 6.07) is 2.80. The van der Waals surface area contributed by atoms with E-state index in [1.165, 1.54) is 18.3 Å². The number of piperazine rings is 1. The average Bonchev–Trinajstić information content (AvgIpc) is 2.37. The first kappa shape index (κ1) is 13.6. The van der Waals surface area contributed by atoms with Crippen LogP contribution in [-0.4, -0.2) is 42.6 Å². The smallest absolute Gasteiger partial charge is 0.245 e. The van der Waals surface area contributed by atoms with E-state index in [0.717, 1.165) is 4.31 Å². The second-order valence-corrected chi connectivity index (χ2v) is 5.80. The number of hydrogen-bond donors (Lipinski definition) is 2. The van der Waals surface area contributed by atoms with Gasteiger partial charge in [0.2, 0.25) is 21.8 Å². The van der Waals surface area contributed by atoms with E-state index in [0.29, 0.717) is 0 Å². The molecular formula is C10H12N4O4S. The van der Waals surface area contributed by atoms with Crippen LogP contribution in [0.15, 0.2) is 23.2 Å². The van der Waals surface area contributed by atoms with Crippen LogP contribution in [-0.2, 0) is 26.2 Å². The fourth-order valence-electron chi connectivity index (χ4n) is 1.73. The normalized spacial score (nSPS) is 17.3. The minimum absolute atomic E-state index is 0.0522. The first-order valence-electron chi connectivity index (χ1n) is 5.42. The summed E-state index contributed by atoms with van der Waals surface area (Å²) in [7, 11) is -3.96. The molecule has 1 fully saturated rings. The summed E-state index contributed by atoms with van der Waals surface area (Å²) in [6.45, 7) is -0.844. The molecule has 3 N–H and O–H groups in total. The van der Waals surface area contributed by atoms with Crippen LogP contribution in [0.1, 0.15) is 5.69 Å². The maximum atomic E-state index is 12.4. The van der Waals surface area contributed by atoms with E-state index in [-0.39, 0.29) is 17.1 Å². The highest BCUT2D eigenvalue weighted by Crippen LogP contribution is 2.18. The van der Waals surface area contributed by atoms with E-state index in [9.17, 15) is 18.0 Å². The van der Waals surface area contributed by atoms with Gasteiger partial charge in [0.05, 0.1) is 18.8 Å². The number of sulfonamides is 1. The number of nitrogens with one attached hydrogen (secondary N) is 1. The van der Waals surface area contributed by atoms with Gasteiger partial charge in [0, 0.05) is 12.7 Å². The third-order valence-electron chi connectivity index (χ3n) is 2.58. The lowest BCUT2D eigenvalue weighted by Gasteiger charge is -2.25. The largest absolute Gasteiger partial charge is 0.325 e. The van der Waals surface area contributed by atoms with Gasteiger partial charge in [0.1, 0.15) is 4.90 Å². The standard InChI is InChI=1S/C10H12N4O4S/c11-4-7-8(2-1-3-12-7)19(17,18)14-5-9(15)13-10(16)6-14/h1-3H,4-6,11H2,(H,13,15,16). The van der Waals surface area contributed by atoms with Crippen molar-refractivity contribution in [3.05, 3.63) is 24.0 Å². The van der Waals surface area contributed by atoms with Crippen LogP contribution in [0, 0.1) is 0 Å². The Morgan fingerprint density at radius 3 is 2.53 bits per heavy atom. The molecule has 8 nitrogen and oxygen atoms in total. The number of pyridine rings is 1. The molecule has 2 amide bonds. The maximum Gasteiger partial charge on any atom is 0.245 e. The fourth-order valence-corrected chi connectivity index (χ4v) is 3.27. The molecule has 1 aromatic rings. The number of carbonyl (C=O) groups excluding carboxylic acids is 2. The number of imide groups is 1. The maximum absolute atomic E-state index is 12.4. The molecule has 0 saturated carbocycles. The van der Waals surface area contributed by atoms with Gasteiger partial charge in [-0.2, -0.15) is 4.31 Å². The van der Waals surface area contributed by atoms with Crippen molar-refractivity contribution >= 4 is 21.8 Å². The monoisotopic (exact) mass is 284 g/mol. The Balaban J connectivity index is 2.42. The van der Waals surface area contributed by atoms with E-state index >= 15 is 0 Å². The van der Waals surface area contributed by atoms with E-state index < -0.39 is 34.9 Å². The molecule has 0 radical (unpaired) electrons. The zero-order valence-electron chi connectivity index (χ0n) is 9.87. The minimum atomic E-state index is -3.96. The number of rotatable bonds is 3. The SMILES string of the molecule is NCc1ncccc1S(=O)(=O)N1CC(=O)NC(=O)C1. The van der Waals surface area contributed by atoms with Crippen LogP contribution in [0.2, 0.25) is 0 Å². The summed E-state index contributed by atoms with van der Waals surface area (Å²) in [5.41, 5.74) is 5.64. The van der Waals surface area contributed by atoms with Gasteiger partial charge >= 0.3 is 0 Å². The molecule has 9 heteroatoms. The molecule has 1 saturated heterocycles. The Kier molecular flexibility index (Phi) is 3.60. The lowest BCUT2D eigenvalue weighted by molar-refractivity contribution is -0.134. The second kappa shape index (κ2) is 5.03. The number of nitrogens with two attached hydrogens (primary N) is 1. The van der Waals surface area contributed by atoms with Crippen molar-refractivity contribution < 1.29 is 18.0 Å².